The molecule has 0 saturated heterocycles. The van der Waals surface area contributed by atoms with Crippen molar-refractivity contribution in [3.8, 4) is 6.07 Å². The number of hydrogen-bond donors (Lipinski definition) is 0. The van der Waals surface area contributed by atoms with Gasteiger partial charge in [0.15, 0.2) is 0 Å². The van der Waals surface area contributed by atoms with Crippen molar-refractivity contribution in [2.24, 2.45) is 0 Å². The Labute approximate surface area is 102 Å². The van der Waals surface area contributed by atoms with Gasteiger partial charge in [-0.05, 0) is 17.7 Å². The number of halogens is 3. The first-order valence-corrected chi connectivity index (χ1v) is 5.08. The highest BCUT2D eigenvalue weighted by Gasteiger charge is 2.21. The summed E-state index contributed by atoms with van der Waals surface area (Å²) in [6, 6.07) is 3.89. The molecule has 0 fully saturated rings. The first kappa shape index (κ1) is 13.4. The van der Waals surface area contributed by atoms with Crippen LogP contribution < -0.4 is 0 Å². The van der Waals surface area contributed by atoms with Crippen molar-refractivity contribution in [1.29, 1.82) is 5.26 Å². The normalized spacial score (nSPS) is 10.1. The smallest absolute Gasteiger partial charge is 0.338 e. The van der Waals surface area contributed by atoms with Gasteiger partial charge in [0.05, 0.1) is 24.3 Å². The van der Waals surface area contributed by atoms with Crippen LogP contribution in [-0.2, 0) is 10.6 Å². The molecule has 0 saturated carbocycles. The number of methoxy groups -OCH3 is 1. The van der Waals surface area contributed by atoms with Crippen LogP contribution in [0.4, 0.5) is 8.78 Å². The van der Waals surface area contributed by atoms with Gasteiger partial charge in [-0.25, -0.2) is 13.6 Å². The Morgan fingerprint density at radius 1 is 1.59 bits per heavy atom. The standard InChI is InChI=1S/C11H8ClF2NO2/c1-17-11(16)9-2-6(4-12)7(5-15)3-8(9)10(13)14/h2-3,10H,4H2,1H3. The van der Waals surface area contributed by atoms with Gasteiger partial charge in [-0.15, -0.1) is 11.6 Å². The van der Waals surface area contributed by atoms with Crippen LogP contribution in [0, 0.1) is 11.3 Å². The third-order valence-electron chi connectivity index (χ3n) is 2.18. The summed E-state index contributed by atoms with van der Waals surface area (Å²) in [5.74, 6) is -0.924. The van der Waals surface area contributed by atoms with Crippen LogP contribution >= 0.6 is 11.6 Å². The van der Waals surface area contributed by atoms with E-state index in [1.54, 1.807) is 6.07 Å². The summed E-state index contributed by atoms with van der Waals surface area (Å²) >= 11 is 5.57. The molecule has 6 heteroatoms. The fourth-order valence-electron chi connectivity index (χ4n) is 1.34. The monoisotopic (exact) mass is 259 g/mol. The molecule has 0 N–H and O–H groups in total. The molecule has 0 amide bonds. The SMILES string of the molecule is COC(=O)c1cc(CCl)c(C#N)cc1C(F)F. The fourth-order valence-corrected chi connectivity index (χ4v) is 1.56. The van der Waals surface area contributed by atoms with Crippen LogP contribution in [0.15, 0.2) is 12.1 Å². The topological polar surface area (TPSA) is 50.1 Å². The zero-order chi connectivity index (χ0) is 13.0. The van der Waals surface area contributed by atoms with Gasteiger partial charge in [0.1, 0.15) is 0 Å². The summed E-state index contributed by atoms with van der Waals surface area (Å²) in [7, 11) is 1.09. The van der Waals surface area contributed by atoms with Gasteiger partial charge in [0, 0.05) is 11.4 Å². The molecule has 90 valence electrons. The van der Waals surface area contributed by atoms with Crippen molar-refractivity contribution in [3.63, 3.8) is 0 Å². The van der Waals surface area contributed by atoms with Gasteiger partial charge < -0.3 is 4.74 Å². The molecule has 0 aliphatic carbocycles. The molecule has 0 unspecified atom stereocenters. The maximum atomic E-state index is 12.7. The molecule has 17 heavy (non-hydrogen) atoms. The summed E-state index contributed by atoms with van der Waals surface area (Å²) in [6.07, 6.45) is -2.86. The molecule has 0 radical (unpaired) electrons. The van der Waals surface area contributed by atoms with Crippen LogP contribution in [0.3, 0.4) is 0 Å². The lowest BCUT2D eigenvalue weighted by molar-refractivity contribution is 0.0589. The predicted octanol–water partition coefficient (Wildman–Crippen LogP) is 3.02. The second kappa shape index (κ2) is 5.60. The summed E-state index contributed by atoms with van der Waals surface area (Å²) in [4.78, 5) is 11.3. The van der Waals surface area contributed by atoms with Crippen molar-refractivity contribution in [2.75, 3.05) is 7.11 Å². The largest absolute Gasteiger partial charge is 0.465 e. The highest BCUT2D eigenvalue weighted by molar-refractivity contribution is 6.17. The number of rotatable bonds is 3. The van der Waals surface area contributed by atoms with Crippen LogP contribution in [0.5, 0.6) is 0 Å². The number of carbonyl (C=O) groups is 1. The molecule has 0 aromatic heterocycles. The summed E-state index contributed by atoms with van der Waals surface area (Å²) in [5.41, 5.74) is -0.443. The highest BCUT2D eigenvalue weighted by Crippen LogP contribution is 2.27. The van der Waals surface area contributed by atoms with Crippen LogP contribution in [-0.4, -0.2) is 13.1 Å². The number of carbonyl (C=O) groups excluding carboxylic acids is 1. The van der Waals surface area contributed by atoms with Crippen molar-refractivity contribution < 1.29 is 18.3 Å². The Morgan fingerprint density at radius 3 is 2.65 bits per heavy atom. The van der Waals surface area contributed by atoms with E-state index in [1.807, 2.05) is 0 Å². The van der Waals surface area contributed by atoms with E-state index in [0.29, 0.717) is 5.56 Å². The second-order valence-electron chi connectivity index (χ2n) is 3.13. The molecule has 0 bridgehead atoms. The lowest BCUT2D eigenvalue weighted by Crippen LogP contribution is -2.08. The number of alkyl halides is 3. The Morgan fingerprint density at radius 2 is 2.24 bits per heavy atom. The van der Waals surface area contributed by atoms with Crippen molar-refractivity contribution in [2.45, 2.75) is 12.3 Å². The molecule has 0 aliphatic rings. The first-order chi connectivity index (χ1) is 8.04. The summed E-state index contributed by atoms with van der Waals surface area (Å²) in [6.45, 7) is 0. The van der Waals surface area contributed by atoms with E-state index in [9.17, 15) is 13.6 Å². The van der Waals surface area contributed by atoms with Crippen molar-refractivity contribution >= 4 is 17.6 Å². The molecule has 0 atom stereocenters. The molecule has 0 aliphatic heterocycles. The molecule has 3 nitrogen and oxygen atoms in total. The number of hydrogen-bond acceptors (Lipinski definition) is 3. The number of benzene rings is 1. The van der Waals surface area contributed by atoms with Gasteiger partial charge in [-0.1, -0.05) is 0 Å². The van der Waals surface area contributed by atoms with Crippen LogP contribution in [0.2, 0.25) is 0 Å². The quantitative estimate of drug-likeness (QED) is 0.619. The minimum Gasteiger partial charge on any atom is -0.465 e. The van der Waals surface area contributed by atoms with Gasteiger partial charge >= 0.3 is 5.97 Å². The second-order valence-corrected chi connectivity index (χ2v) is 3.40. The Hall–Kier alpha value is -1.67. The lowest BCUT2D eigenvalue weighted by atomic mass is 10.00. The fraction of sp³-hybridized carbons (Fsp3) is 0.273. The van der Waals surface area contributed by atoms with Gasteiger partial charge in [0.2, 0.25) is 0 Å². The first-order valence-electron chi connectivity index (χ1n) is 4.54. The molecule has 1 rings (SSSR count). The van der Waals surface area contributed by atoms with Crippen LogP contribution in [0.25, 0.3) is 0 Å². The number of ether oxygens (including phenoxy) is 1. The third-order valence-corrected chi connectivity index (χ3v) is 2.47. The molecule has 1 aromatic rings. The average Bonchev–Trinajstić information content (AvgIpc) is 2.35. The minimum absolute atomic E-state index is 0.0305. The Balaban J connectivity index is 3.47. The molecule has 0 spiro atoms. The third kappa shape index (κ3) is 2.71. The number of esters is 1. The van der Waals surface area contributed by atoms with E-state index in [0.717, 1.165) is 13.2 Å². The molecule has 1 aromatic carbocycles. The van der Waals surface area contributed by atoms with E-state index in [4.69, 9.17) is 16.9 Å². The van der Waals surface area contributed by atoms with E-state index >= 15 is 0 Å². The number of nitrogens with zero attached hydrogens (tertiary/aromatic N) is 1. The van der Waals surface area contributed by atoms with Crippen molar-refractivity contribution in [3.05, 3.63) is 34.4 Å². The van der Waals surface area contributed by atoms with Gasteiger partial charge in [0.25, 0.3) is 6.43 Å². The van der Waals surface area contributed by atoms with E-state index < -0.39 is 18.0 Å². The summed E-state index contributed by atoms with van der Waals surface area (Å²) < 4.78 is 29.9. The minimum atomic E-state index is -2.86. The van der Waals surface area contributed by atoms with E-state index in [-0.39, 0.29) is 17.0 Å². The van der Waals surface area contributed by atoms with Crippen LogP contribution in [0.1, 0.15) is 33.5 Å². The summed E-state index contributed by atoms with van der Waals surface area (Å²) in [5, 5.41) is 8.77. The van der Waals surface area contributed by atoms with Gasteiger partial charge in [-0.2, -0.15) is 5.26 Å². The highest BCUT2D eigenvalue weighted by atomic mass is 35.5. The molecular formula is C11H8ClF2NO2. The zero-order valence-electron chi connectivity index (χ0n) is 8.84. The lowest BCUT2D eigenvalue weighted by Gasteiger charge is -2.10. The molecular weight excluding hydrogens is 252 g/mol. The zero-order valence-corrected chi connectivity index (χ0v) is 9.59. The number of nitriles is 1. The maximum Gasteiger partial charge on any atom is 0.338 e. The maximum absolute atomic E-state index is 12.7. The Kier molecular flexibility index (Phi) is 4.41. The molecule has 0 heterocycles. The van der Waals surface area contributed by atoms with Crippen molar-refractivity contribution in [1.82, 2.24) is 0 Å². The predicted molar refractivity (Wildman–Crippen MR) is 57.0 cm³/mol. The van der Waals surface area contributed by atoms with Gasteiger partial charge in [-0.3, -0.25) is 0 Å². The van der Waals surface area contributed by atoms with E-state index in [1.165, 1.54) is 6.07 Å². The van der Waals surface area contributed by atoms with E-state index in [2.05, 4.69) is 4.74 Å². The Bertz CT molecular complexity index is 483. The average molecular weight is 260 g/mol.